The van der Waals surface area contributed by atoms with E-state index in [1.54, 1.807) is 0 Å². The molecular formula is C15H14O2S. The third-order valence-electron chi connectivity index (χ3n) is 3.37. The molecule has 3 rings (SSSR count). The molecule has 18 heavy (non-hydrogen) atoms. The summed E-state index contributed by atoms with van der Waals surface area (Å²) >= 11 is 1.53. The van der Waals surface area contributed by atoms with E-state index in [1.165, 1.54) is 27.3 Å². The van der Waals surface area contributed by atoms with Crippen LogP contribution in [0.2, 0.25) is 0 Å². The first kappa shape index (κ1) is 11.6. The topological polar surface area (TPSA) is 26.3 Å². The van der Waals surface area contributed by atoms with Crippen LogP contribution in [0.5, 0.6) is 0 Å². The van der Waals surface area contributed by atoms with E-state index in [9.17, 15) is 4.79 Å². The first-order chi connectivity index (χ1) is 8.79. The minimum absolute atomic E-state index is 0.0140. The van der Waals surface area contributed by atoms with Gasteiger partial charge in [-0.1, -0.05) is 24.3 Å². The van der Waals surface area contributed by atoms with Crippen LogP contribution < -0.4 is 0 Å². The Morgan fingerprint density at radius 1 is 1.33 bits per heavy atom. The van der Waals surface area contributed by atoms with E-state index >= 15 is 0 Å². The molecule has 0 radical (unpaired) electrons. The van der Waals surface area contributed by atoms with Gasteiger partial charge >= 0.3 is 0 Å². The van der Waals surface area contributed by atoms with Crippen molar-refractivity contribution in [3.05, 3.63) is 56.8 Å². The van der Waals surface area contributed by atoms with E-state index in [-0.39, 0.29) is 6.10 Å². The van der Waals surface area contributed by atoms with Crippen molar-refractivity contribution in [2.75, 3.05) is 6.61 Å². The highest BCUT2D eigenvalue weighted by Crippen LogP contribution is 2.36. The van der Waals surface area contributed by atoms with Crippen LogP contribution in [0.25, 0.3) is 0 Å². The van der Waals surface area contributed by atoms with Crippen LogP contribution in [-0.4, -0.2) is 12.9 Å². The molecule has 2 nitrogen and oxygen atoms in total. The van der Waals surface area contributed by atoms with Crippen molar-refractivity contribution in [3.63, 3.8) is 0 Å². The van der Waals surface area contributed by atoms with Crippen LogP contribution in [-0.2, 0) is 11.2 Å². The number of ether oxygens (including phenoxy) is 1. The van der Waals surface area contributed by atoms with Gasteiger partial charge in [0.15, 0.2) is 6.29 Å². The normalized spacial score (nSPS) is 18.4. The first-order valence-corrected chi connectivity index (χ1v) is 6.86. The molecule has 0 bridgehead atoms. The number of thiophene rings is 1. The second-order valence-electron chi connectivity index (χ2n) is 4.48. The van der Waals surface area contributed by atoms with Gasteiger partial charge in [-0.05, 0) is 36.1 Å². The van der Waals surface area contributed by atoms with Crippen LogP contribution in [0.15, 0.2) is 30.3 Å². The summed E-state index contributed by atoms with van der Waals surface area (Å²) in [7, 11) is 0. The molecule has 1 aromatic heterocycles. The fourth-order valence-corrected chi connectivity index (χ4v) is 3.36. The molecule has 1 aliphatic heterocycles. The van der Waals surface area contributed by atoms with Crippen LogP contribution in [0.1, 0.15) is 37.3 Å². The highest BCUT2D eigenvalue weighted by atomic mass is 32.1. The van der Waals surface area contributed by atoms with E-state index in [4.69, 9.17) is 4.74 Å². The molecule has 2 heterocycles. The zero-order chi connectivity index (χ0) is 12.5. The minimum atomic E-state index is -0.0140. The maximum atomic E-state index is 10.9. The van der Waals surface area contributed by atoms with Crippen molar-refractivity contribution >= 4 is 17.6 Å². The predicted octanol–water partition coefficient (Wildman–Crippen LogP) is 3.53. The molecule has 0 unspecified atom stereocenters. The Kier molecular flexibility index (Phi) is 3.02. The fraction of sp³-hybridized carbons (Fsp3) is 0.267. The molecule has 0 saturated carbocycles. The molecule has 0 N–H and O–H groups in total. The summed E-state index contributed by atoms with van der Waals surface area (Å²) in [5.74, 6) is 0. The largest absolute Gasteiger partial charge is 0.368 e. The average molecular weight is 258 g/mol. The fourth-order valence-electron chi connectivity index (χ4n) is 2.49. The SMILES string of the molecule is Cc1sc(C=O)cc1[C@@H]1OCCc2ccccc21. The van der Waals surface area contributed by atoms with E-state index in [2.05, 4.69) is 18.2 Å². The summed E-state index contributed by atoms with van der Waals surface area (Å²) in [4.78, 5) is 12.8. The Morgan fingerprint density at radius 3 is 2.94 bits per heavy atom. The molecule has 0 saturated heterocycles. The average Bonchev–Trinajstić information content (AvgIpc) is 2.79. The molecule has 0 fully saturated rings. The van der Waals surface area contributed by atoms with E-state index in [0.717, 1.165) is 29.8 Å². The smallest absolute Gasteiger partial charge is 0.160 e. The molecule has 1 aromatic carbocycles. The van der Waals surface area contributed by atoms with Crippen molar-refractivity contribution in [1.29, 1.82) is 0 Å². The van der Waals surface area contributed by atoms with Gasteiger partial charge in [-0.25, -0.2) is 0 Å². The number of carbonyl (C=O) groups excluding carboxylic acids is 1. The Balaban J connectivity index is 2.07. The predicted molar refractivity (Wildman–Crippen MR) is 72.4 cm³/mol. The minimum Gasteiger partial charge on any atom is -0.368 e. The molecule has 2 aromatic rings. The maximum Gasteiger partial charge on any atom is 0.160 e. The van der Waals surface area contributed by atoms with Crippen molar-refractivity contribution in [3.8, 4) is 0 Å². The molecule has 0 amide bonds. The summed E-state index contributed by atoms with van der Waals surface area (Å²) in [6.07, 6.45) is 1.87. The van der Waals surface area contributed by atoms with E-state index < -0.39 is 0 Å². The third-order valence-corrected chi connectivity index (χ3v) is 4.36. The summed E-state index contributed by atoms with van der Waals surface area (Å²) in [6, 6.07) is 10.4. The van der Waals surface area contributed by atoms with Gasteiger partial charge in [-0.15, -0.1) is 11.3 Å². The Hall–Kier alpha value is -1.45. The zero-order valence-electron chi connectivity index (χ0n) is 10.2. The Morgan fingerprint density at radius 2 is 2.17 bits per heavy atom. The van der Waals surface area contributed by atoms with Crippen LogP contribution in [0, 0.1) is 6.92 Å². The summed E-state index contributed by atoms with van der Waals surface area (Å²) in [5, 5.41) is 0. The van der Waals surface area contributed by atoms with Crippen molar-refractivity contribution < 1.29 is 9.53 Å². The number of rotatable bonds is 2. The van der Waals surface area contributed by atoms with Gasteiger partial charge in [0.05, 0.1) is 11.5 Å². The quantitative estimate of drug-likeness (QED) is 0.770. The lowest BCUT2D eigenvalue weighted by molar-refractivity contribution is 0.0697. The number of aldehydes is 1. The molecular weight excluding hydrogens is 244 g/mol. The number of fused-ring (bicyclic) bond motifs is 1. The van der Waals surface area contributed by atoms with Gasteiger partial charge in [0.2, 0.25) is 0 Å². The van der Waals surface area contributed by atoms with Crippen molar-refractivity contribution in [2.24, 2.45) is 0 Å². The van der Waals surface area contributed by atoms with E-state index in [0.29, 0.717) is 0 Å². The second-order valence-corrected chi connectivity index (χ2v) is 5.77. The number of carbonyl (C=O) groups is 1. The van der Waals surface area contributed by atoms with Gasteiger partial charge in [-0.2, -0.15) is 0 Å². The number of benzene rings is 1. The Labute approximate surface area is 110 Å². The van der Waals surface area contributed by atoms with Crippen LogP contribution in [0.4, 0.5) is 0 Å². The Bertz CT molecular complexity index is 586. The number of aryl methyl sites for hydroxylation is 1. The summed E-state index contributed by atoms with van der Waals surface area (Å²) in [6.45, 7) is 2.79. The van der Waals surface area contributed by atoms with Gasteiger partial charge in [0, 0.05) is 4.88 Å². The molecule has 0 aliphatic carbocycles. The summed E-state index contributed by atoms with van der Waals surface area (Å²) in [5.41, 5.74) is 3.73. The first-order valence-electron chi connectivity index (χ1n) is 6.04. The molecule has 1 aliphatic rings. The lowest BCUT2D eigenvalue weighted by atomic mass is 9.93. The highest BCUT2D eigenvalue weighted by Gasteiger charge is 2.24. The second kappa shape index (κ2) is 4.67. The van der Waals surface area contributed by atoms with Crippen LogP contribution in [0.3, 0.4) is 0 Å². The number of hydrogen-bond acceptors (Lipinski definition) is 3. The van der Waals surface area contributed by atoms with Gasteiger partial charge < -0.3 is 4.74 Å². The number of hydrogen-bond donors (Lipinski definition) is 0. The van der Waals surface area contributed by atoms with Crippen LogP contribution >= 0.6 is 11.3 Å². The molecule has 92 valence electrons. The van der Waals surface area contributed by atoms with Gasteiger partial charge in [0.25, 0.3) is 0 Å². The monoisotopic (exact) mass is 258 g/mol. The third kappa shape index (κ3) is 1.89. The summed E-state index contributed by atoms with van der Waals surface area (Å²) < 4.78 is 5.92. The van der Waals surface area contributed by atoms with Crippen molar-refractivity contribution in [2.45, 2.75) is 19.4 Å². The van der Waals surface area contributed by atoms with Gasteiger partial charge in [-0.3, -0.25) is 4.79 Å². The molecule has 0 spiro atoms. The zero-order valence-corrected chi connectivity index (χ0v) is 11.0. The van der Waals surface area contributed by atoms with Crippen molar-refractivity contribution in [1.82, 2.24) is 0 Å². The lowest BCUT2D eigenvalue weighted by Crippen LogP contribution is -2.17. The molecule has 3 heteroatoms. The maximum absolute atomic E-state index is 10.9. The molecule has 1 atom stereocenters. The highest BCUT2D eigenvalue weighted by molar-refractivity contribution is 7.13. The standard InChI is InChI=1S/C15H14O2S/c1-10-14(8-12(9-16)18-10)15-13-5-3-2-4-11(13)6-7-17-15/h2-5,8-9,15H,6-7H2,1H3/t15-/m1/s1. The van der Waals surface area contributed by atoms with E-state index in [1.807, 2.05) is 19.1 Å². The lowest BCUT2D eigenvalue weighted by Gasteiger charge is -2.26. The van der Waals surface area contributed by atoms with Gasteiger partial charge in [0.1, 0.15) is 6.10 Å².